The summed E-state index contributed by atoms with van der Waals surface area (Å²) in [7, 11) is 1.48. The van der Waals surface area contributed by atoms with Gasteiger partial charge in [-0.1, -0.05) is 13.8 Å². The van der Waals surface area contributed by atoms with Crippen molar-refractivity contribution in [2.24, 2.45) is 5.92 Å². The van der Waals surface area contributed by atoms with Gasteiger partial charge in [-0.3, -0.25) is 19.2 Å². The van der Waals surface area contributed by atoms with Gasteiger partial charge in [-0.25, -0.2) is 4.39 Å². The molecule has 0 aliphatic rings. The zero-order valence-electron chi connectivity index (χ0n) is 16.3. The fourth-order valence-electron chi connectivity index (χ4n) is 2.59. The number of aliphatic carboxylic acids is 1. The molecule has 0 fully saturated rings. The lowest BCUT2D eigenvalue weighted by Gasteiger charge is -2.24. The number of amides is 2. The molecular formula is C19H24FIN2O6. The van der Waals surface area contributed by atoms with Gasteiger partial charge in [0.25, 0.3) is 0 Å². The molecule has 0 bridgehead atoms. The summed E-state index contributed by atoms with van der Waals surface area (Å²) in [6, 6.07) is 2.82. The summed E-state index contributed by atoms with van der Waals surface area (Å²) >= 11 is 2.10. The predicted octanol–water partition coefficient (Wildman–Crippen LogP) is 1.48. The second-order valence-corrected chi connectivity index (χ2v) is 7.93. The van der Waals surface area contributed by atoms with Crippen molar-refractivity contribution in [3.8, 4) is 5.75 Å². The second kappa shape index (κ2) is 11.7. The number of nitrogens with one attached hydrogen (secondary N) is 2. The summed E-state index contributed by atoms with van der Waals surface area (Å²) in [5, 5.41) is 13.7. The molecule has 0 aliphatic heterocycles. The average Bonchev–Trinajstić information content (AvgIpc) is 2.64. The lowest BCUT2D eigenvalue weighted by Crippen LogP contribution is -2.54. The highest BCUT2D eigenvalue weighted by Gasteiger charge is 2.30. The Bertz CT molecular complexity index is 771. The van der Waals surface area contributed by atoms with Crippen LogP contribution in [-0.2, 0) is 25.6 Å². The topological polar surface area (TPSA) is 122 Å². The van der Waals surface area contributed by atoms with Gasteiger partial charge in [0, 0.05) is 9.13 Å². The highest BCUT2D eigenvalue weighted by molar-refractivity contribution is 14.1. The Labute approximate surface area is 181 Å². The van der Waals surface area contributed by atoms with Gasteiger partial charge in [0.05, 0.1) is 20.0 Å². The van der Waals surface area contributed by atoms with Crippen molar-refractivity contribution >= 4 is 46.2 Å². The van der Waals surface area contributed by atoms with Crippen LogP contribution >= 0.6 is 22.6 Å². The lowest BCUT2D eigenvalue weighted by atomic mass is 10.0. The summed E-state index contributed by atoms with van der Waals surface area (Å²) in [6.45, 7) is 1.96. The number of carboxylic acid groups (broad SMARTS) is 1. The van der Waals surface area contributed by atoms with Crippen molar-refractivity contribution < 1.29 is 33.4 Å². The van der Waals surface area contributed by atoms with Crippen LogP contribution in [0.1, 0.15) is 25.8 Å². The number of hydrogen-bond acceptors (Lipinski definition) is 5. The Balaban J connectivity index is 2.90. The molecule has 2 unspecified atom stereocenters. The van der Waals surface area contributed by atoms with E-state index in [0.717, 1.165) is 3.57 Å². The lowest BCUT2D eigenvalue weighted by molar-refractivity contribution is -0.140. The molecule has 160 valence electrons. The van der Waals surface area contributed by atoms with Crippen molar-refractivity contribution in [3.05, 3.63) is 27.3 Å². The number of carbonyl (C=O) groups excluding carboxylic acids is 3. The molecule has 0 saturated heterocycles. The van der Waals surface area contributed by atoms with Crippen LogP contribution in [0, 0.1) is 9.49 Å². The number of carboxylic acids is 1. The maximum atomic E-state index is 12.7. The Hall–Kier alpha value is -2.24. The van der Waals surface area contributed by atoms with Crippen molar-refractivity contribution in [2.75, 3.05) is 13.8 Å². The van der Waals surface area contributed by atoms with E-state index in [0.29, 0.717) is 11.3 Å². The Morgan fingerprint density at radius 2 is 1.86 bits per heavy atom. The zero-order chi connectivity index (χ0) is 22.1. The van der Waals surface area contributed by atoms with E-state index < -0.39 is 48.7 Å². The Morgan fingerprint density at radius 1 is 1.21 bits per heavy atom. The normalized spacial score (nSPS) is 12.8. The zero-order valence-corrected chi connectivity index (χ0v) is 18.5. The minimum Gasteiger partial charge on any atom is -0.496 e. The third kappa shape index (κ3) is 7.95. The quantitative estimate of drug-likeness (QED) is 0.379. The van der Waals surface area contributed by atoms with Gasteiger partial charge < -0.3 is 20.5 Å². The number of hydrogen-bond donors (Lipinski definition) is 3. The summed E-state index contributed by atoms with van der Waals surface area (Å²) in [4.78, 5) is 47.5. The van der Waals surface area contributed by atoms with Crippen molar-refractivity contribution in [1.82, 2.24) is 10.6 Å². The molecule has 29 heavy (non-hydrogen) atoms. The highest BCUT2D eigenvalue weighted by atomic mass is 127. The highest BCUT2D eigenvalue weighted by Crippen LogP contribution is 2.21. The number of rotatable bonds is 11. The predicted molar refractivity (Wildman–Crippen MR) is 111 cm³/mol. The Morgan fingerprint density at radius 3 is 2.38 bits per heavy atom. The van der Waals surface area contributed by atoms with Crippen LogP contribution in [0.25, 0.3) is 0 Å². The first-order valence-corrected chi connectivity index (χ1v) is 9.89. The van der Waals surface area contributed by atoms with E-state index in [4.69, 9.17) is 9.84 Å². The summed E-state index contributed by atoms with van der Waals surface area (Å²) < 4.78 is 18.8. The van der Waals surface area contributed by atoms with E-state index in [2.05, 4.69) is 33.2 Å². The second-order valence-electron chi connectivity index (χ2n) is 6.68. The van der Waals surface area contributed by atoms with Gasteiger partial charge in [0.15, 0.2) is 5.78 Å². The molecule has 0 aliphatic carbocycles. The summed E-state index contributed by atoms with van der Waals surface area (Å²) in [6.07, 6.45) is -0.786. The van der Waals surface area contributed by atoms with E-state index in [9.17, 15) is 23.6 Å². The van der Waals surface area contributed by atoms with Gasteiger partial charge in [-0.15, -0.1) is 0 Å². The minimum absolute atomic E-state index is 0.0432. The molecule has 3 N–H and O–H groups in total. The maximum absolute atomic E-state index is 12.7. The van der Waals surface area contributed by atoms with Crippen molar-refractivity contribution in [1.29, 1.82) is 0 Å². The number of benzene rings is 1. The number of carbonyl (C=O) groups is 4. The molecule has 0 radical (unpaired) electrons. The van der Waals surface area contributed by atoms with Gasteiger partial charge in [-0.2, -0.15) is 0 Å². The number of ketones is 1. The van der Waals surface area contributed by atoms with Gasteiger partial charge >= 0.3 is 5.97 Å². The van der Waals surface area contributed by atoms with Crippen LogP contribution in [0.2, 0.25) is 0 Å². The van der Waals surface area contributed by atoms with Gasteiger partial charge in [0.2, 0.25) is 11.8 Å². The fraction of sp³-hybridized carbons (Fsp3) is 0.474. The molecular weight excluding hydrogens is 498 g/mol. The fourth-order valence-corrected chi connectivity index (χ4v) is 3.15. The third-order valence-electron chi connectivity index (χ3n) is 4.07. The monoisotopic (exact) mass is 522 g/mol. The first kappa shape index (κ1) is 24.8. The molecule has 10 heteroatoms. The van der Waals surface area contributed by atoms with Crippen LogP contribution in [0.15, 0.2) is 18.2 Å². The van der Waals surface area contributed by atoms with E-state index in [1.165, 1.54) is 7.11 Å². The van der Waals surface area contributed by atoms with Crippen LogP contribution in [0.4, 0.5) is 4.39 Å². The molecule has 0 aromatic heterocycles. The summed E-state index contributed by atoms with van der Waals surface area (Å²) in [5.41, 5.74) is 0.635. The first-order valence-electron chi connectivity index (χ1n) is 8.81. The van der Waals surface area contributed by atoms with Crippen molar-refractivity contribution in [2.45, 2.75) is 38.8 Å². The Kier molecular flexibility index (Phi) is 9.99. The number of Topliss-reactive ketones (excluding diaryl/α,β-unsaturated/α-hetero) is 1. The van der Waals surface area contributed by atoms with E-state index in [1.807, 2.05) is 6.07 Å². The van der Waals surface area contributed by atoms with Gasteiger partial charge in [0.1, 0.15) is 24.5 Å². The van der Waals surface area contributed by atoms with Crippen LogP contribution < -0.4 is 15.4 Å². The number of methoxy groups -OCH3 is 1. The number of halogens is 2. The van der Waals surface area contributed by atoms with Crippen LogP contribution in [0.3, 0.4) is 0 Å². The third-order valence-corrected chi connectivity index (χ3v) is 4.75. The SMILES string of the molecule is COc1ccc(I)cc1CC(=O)NC(C(=O)NC(CC(=O)O)C(=O)CF)C(C)C. The largest absolute Gasteiger partial charge is 0.496 e. The molecule has 8 nitrogen and oxygen atoms in total. The van der Waals surface area contributed by atoms with Crippen LogP contribution in [-0.4, -0.2) is 54.5 Å². The molecule has 1 aromatic rings. The smallest absolute Gasteiger partial charge is 0.305 e. The van der Waals surface area contributed by atoms with E-state index in [-0.39, 0.29) is 12.3 Å². The standard InChI is InChI=1S/C19H24FIN2O6/c1-10(2)18(19(28)22-13(8-17(26)27)14(24)9-20)23-16(25)7-11-6-12(21)4-5-15(11)29-3/h4-6,10,13,18H,7-9H2,1-3H3,(H,22,28)(H,23,25)(H,26,27). The average molecular weight is 522 g/mol. The summed E-state index contributed by atoms with van der Waals surface area (Å²) in [5.74, 6) is -3.43. The minimum atomic E-state index is -1.50. The van der Waals surface area contributed by atoms with Gasteiger partial charge in [-0.05, 0) is 46.7 Å². The molecule has 0 heterocycles. The van der Waals surface area contributed by atoms with E-state index >= 15 is 0 Å². The molecule has 2 amide bonds. The molecule has 1 rings (SSSR count). The van der Waals surface area contributed by atoms with E-state index in [1.54, 1.807) is 26.0 Å². The number of alkyl halides is 1. The van der Waals surface area contributed by atoms with Crippen LogP contribution in [0.5, 0.6) is 5.75 Å². The molecule has 0 spiro atoms. The first-order chi connectivity index (χ1) is 13.6. The number of ether oxygens (including phenoxy) is 1. The molecule has 2 atom stereocenters. The molecule has 1 aromatic carbocycles. The maximum Gasteiger partial charge on any atom is 0.305 e. The van der Waals surface area contributed by atoms with Crippen molar-refractivity contribution in [3.63, 3.8) is 0 Å². The molecule has 0 saturated carbocycles.